The van der Waals surface area contributed by atoms with Crippen molar-refractivity contribution in [2.75, 3.05) is 10.6 Å². The zero-order valence-electron chi connectivity index (χ0n) is 13.9. The lowest BCUT2D eigenvalue weighted by Gasteiger charge is -2.12. The van der Waals surface area contributed by atoms with Crippen LogP contribution in [0.25, 0.3) is 15.9 Å². The predicted molar refractivity (Wildman–Crippen MR) is 103 cm³/mol. The van der Waals surface area contributed by atoms with Crippen LogP contribution in [0.2, 0.25) is 0 Å². The Labute approximate surface area is 145 Å². The maximum absolute atomic E-state index is 4.49. The van der Waals surface area contributed by atoms with Gasteiger partial charge in [-0.25, -0.2) is 9.97 Å². The van der Waals surface area contributed by atoms with Gasteiger partial charge in [0.05, 0.1) is 10.2 Å². The molecular weight excluding hydrogens is 316 g/mol. The summed E-state index contributed by atoms with van der Waals surface area (Å²) in [5, 5.41) is 9.05. The number of nitrogens with one attached hydrogen (secondary N) is 2. The molecule has 2 aromatic heterocycles. The number of nitrogens with zero attached hydrogens (tertiary/aromatic N) is 2. The van der Waals surface area contributed by atoms with Crippen molar-refractivity contribution in [1.82, 2.24) is 9.97 Å². The minimum Gasteiger partial charge on any atom is -0.366 e. The van der Waals surface area contributed by atoms with Crippen LogP contribution < -0.4 is 10.6 Å². The second-order valence-corrected chi connectivity index (χ2v) is 7.27. The number of aryl methyl sites for hydroxylation is 2. The molecule has 0 bridgehead atoms. The van der Waals surface area contributed by atoms with Crippen molar-refractivity contribution >= 4 is 38.8 Å². The van der Waals surface area contributed by atoms with Crippen LogP contribution in [-0.4, -0.2) is 16.0 Å². The molecule has 122 valence electrons. The van der Waals surface area contributed by atoms with E-state index in [1.807, 2.05) is 0 Å². The quantitative estimate of drug-likeness (QED) is 0.691. The van der Waals surface area contributed by atoms with Crippen LogP contribution in [0.5, 0.6) is 0 Å². The number of thiophene rings is 1. The summed E-state index contributed by atoms with van der Waals surface area (Å²) >= 11 is 1.67. The van der Waals surface area contributed by atoms with E-state index in [1.54, 1.807) is 17.7 Å². The lowest BCUT2D eigenvalue weighted by molar-refractivity contribution is 1.11. The molecule has 0 unspecified atom stereocenters. The van der Waals surface area contributed by atoms with E-state index in [1.165, 1.54) is 24.0 Å². The summed E-state index contributed by atoms with van der Waals surface area (Å²) in [6, 6.07) is 6.96. The minimum atomic E-state index is 0.574. The fraction of sp³-hybridized carbons (Fsp3) is 0.263. The molecule has 4 rings (SSSR count). The third-order valence-corrected chi connectivity index (χ3v) is 5.25. The molecule has 0 aliphatic heterocycles. The van der Waals surface area contributed by atoms with E-state index in [9.17, 15) is 0 Å². The molecule has 0 amide bonds. The van der Waals surface area contributed by atoms with Crippen LogP contribution in [-0.2, 0) is 0 Å². The molecule has 2 heterocycles. The Bertz CT molecular complexity index is 924. The molecule has 24 heavy (non-hydrogen) atoms. The molecule has 5 heteroatoms. The van der Waals surface area contributed by atoms with Gasteiger partial charge in [0.25, 0.3) is 0 Å². The van der Waals surface area contributed by atoms with E-state index in [0.717, 1.165) is 33.0 Å². The van der Waals surface area contributed by atoms with Crippen LogP contribution in [0.1, 0.15) is 29.5 Å². The average Bonchev–Trinajstić information content (AvgIpc) is 3.26. The normalized spacial score (nSPS) is 13.9. The van der Waals surface area contributed by atoms with E-state index >= 15 is 0 Å². The van der Waals surface area contributed by atoms with Gasteiger partial charge < -0.3 is 10.6 Å². The molecular formula is C19H20N4S. The standard InChI is InChI=1S/C19H20N4S/c1-11-4-5-12(2)16(8-11)22-13(3)15-9-24-18-17(15)20-10-21-19(18)23-14-6-7-14/h4-5,8-10,14,22H,3,6-7H2,1-2H3,(H,20,21,23). The number of rotatable bonds is 5. The number of aromatic nitrogens is 2. The van der Waals surface area contributed by atoms with E-state index in [2.05, 4.69) is 64.6 Å². The maximum Gasteiger partial charge on any atom is 0.147 e. The third-order valence-electron chi connectivity index (χ3n) is 4.28. The smallest absolute Gasteiger partial charge is 0.147 e. The van der Waals surface area contributed by atoms with Crippen LogP contribution in [0.15, 0.2) is 36.5 Å². The SMILES string of the molecule is C=C(Nc1cc(C)ccc1C)c1csc2c(NC3CC3)ncnc12. The van der Waals surface area contributed by atoms with Crippen molar-refractivity contribution in [1.29, 1.82) is 0 Å². The zero-order valence-corrected chi connectivity index (χ0v) is 14.7. The number of benzene rings is 1. The molecule has 1 aromatic carbocycles. The largest absolute Gasteiger partial charge is 0.366 e. The van der Waals surface area contributed by atoms with Gasteiger partial charge in [0, 0.05) is 28.4 Å². The maximum atomic E-state index is 4.49. The predicted octanol–water partition coefficient (Wildman–Crippen LogP) is 4.97. The summed E-state index contributed by atoms with van der Waals surface area (Å²) in [6.45, 7) is 8.42. The number of anilines is 2. The van der Waals surface area contributed by atoms with Gasteiger partial charge in [-0.3, -0.25) is 0 Å². The second kappa shape index (κ2) is 5.91. The van der Waals surface area contributed by atoms with Gasteiger partial charge in [-0.15, -0.1) is 11.3 Å². The van der Waals surface area contributed by atoms with E-state index in [-0.39, 0.29) is 0 Å². The molecule has 0 saturated heterocycles. The van der Waals surface area contributed by atoms with Gasteiger partial charge in [-0.05, 0) is 43.9 Å². The van der Waals surface area contributed by atoms with Crippen molar-refractivity contribution in [3.05, 3.63) is 53.2 Å². The summed E-state index contributed by atoms with van der Waals surface area (Å²) in [5.41, 5.74) is 6.38. The van der Waals surface area contributed by atoms with Gasteiger partial charge in [0.15, 0.2) is 0 Å². The van der Waals surface area contributed by atoms with Gasteiger partial charge in [0.1, 0.15) is 12.1 Å². The number of fused-ring (bicyclic) bond motifs is 1. The van der Waals surface area contributed by atoms with Crippen molar-refractivity contribution in [3.8, 4) is 0 Å². The van der Waals surface area contributed by atoms with Crippen LogP contribution >= 0.6 is 11.3 Å². The average molecular weight is 336 g/mol. The Balaban J connectivity index is 1.66. The Morgan fingerprint density at radius 1 is 1.25 bits per heavy atom. The van der Waals surface area contributed by atoms with Crippen LogP contribution in [0.4, 0.5) is 11.5 Å². The Morgan fingerprint density at radius 3 is 2.88 bits per heavy atom. The molecule has 1 aliphatic carbocycles. The lowest BCUT2D eigenvalue weighted by atomic mass is 10.1. The van der Waals surface area contributed by atoms with Gasteiger partial charge in [0.2, 0.25) is 0 Å². The van der Waals surface area contributed by atoms with Crippen LogP contribution in [0.3, 0.4) is 0 Å². The monoisotopic (exact) mass is 336 g/mol. The summed E-state index contributed by atoms with van der Waals surface area (Å²) in [7, 11) is 0. The minimum absolute atomic E-state index is 0.574. The fourth-order valence-corrected chi connectivity index (χ4v) is 3.68. The first-order valence-corrected chi connectivity index (χ1v) is 9.02. The summed E-state index contributed by atoms with van der Waals surface area (Å²) in [4.78, 5) is 8.90. The molecule has 0 radical (unpaired) electrons. The number of hydrogen-bond donors (Lipinski definition) is 2. The van der Waals surface area contributed by atoms with E-state index in [4.69, 9.17) is 0 Å². The highest BCUT2D eigenvalue weighted by Crippen LogP contribution is 2.35. The second-order valence-electron chi connectivity index (χ2n) is 6.39. The van der Waals surface area contributed by atoms with E-state index < -0.39 is 0 Å². The molecule has 1 aliphatic rings. The van der Waals surface area contributed by atoms with E-state index in [0.29, 0.717) is 6.04 Å². The Kier molecular flexibility index (Phi) is 3.73. The first-order valence-electron chi connectivity index (χ1n) is 8.14. The van der Waals surface area contributed by atoms with Crippen LogP contribution in [0, 0.1) is 13.8 Å². The molecule has 4 nitrogen and oxygen atoms in total. The van der Waals surface area contributed by atoms with Crippen molar-refractivity contribution in [2.24, 2.45) is 0 Å². The van der Waals surface area contributed by atoms with Crippen molar-refractivity contribution in [2.45, 2.75) is 32.7 Å². The van der Waals surface area contributed by atoms with Gasteiger partial charge in [-0.1, -0.05) is 18.7 Å². The molecule has 3 aromatic rings. The first-order chi connectivity index (χ1) is 11.6. The highest BCUT2D eigenvalue weighted by atomic mass is 32.1. The fourth-order valence-electron chi connectivity index (χ4n) is 2.69. The first kappa shape index (κ1) is 15.1. The van der Waals surface area contributed by atoms with Crippen molar-refractivity contribution in [3.63, 3.8) is 0 Å². The Morgan fingerprint density at radius 2 is 2.08 bits per heavy atom. The van der Waals surface area contributed by atoms with Crippen molar-refractivity contribution < 1.29 is 0 Å². The number of hydrogen-bond acceptors (Lipinski definition) is 5. The Hall–Kier alpha value is -2.40. The topological polar surface area (TPSA) is 49.8 Å². The molecule has 1 fully saturated rings. The van der Waals surface area contributed by atoms with Gasteiger partial charge >= 0.3 is 0 Å². The summed E-state index contributed by atoms with van der Waals surface area (Å²) in [6.07, 6.45) is 4.09. The zero-order chi connectivity index (χ0) is 16.7. The molecule has 1 saturated carbocycles. The highest BCUT2D eigenvalue weighted by molar-refractivity contribution is 7.18. The molecule has 0 atom stereocenters. The lowest BCUT2D eigenvalue weighted by Crippen LogP contribution is -2.03. The molecule has 2 N–H and O–H groups in total. The summed E-state index contributed by atoms with van der Waals surface area (Å²) in [5.74, 6) is 0.943. The van der Waals surface area contributed by atoms with Gasteiger partial charge in [-0.2, -0.15) is 0 Å². The molecule has 0 spiro atoms. The summed E-state index contributed by atoms with van der Waals surface area (Å²) < 4.78 is 1.10. The third kappa shape index (κ3) is 2.87. The highest BCUT2D eigenvalue weighted by Gasteiger charge is 2.23.